The topological polar surface area (TPSA) is 64.2 Å². The summed E-state index contributed by atoms with van der Waals surface area (Å²) in [5, 5.41) is 27.3. The molecule has 0 spiro atoms. The van der Waals surface area contributed by atoms with Crippen molar-refractivity contribution in [3.8, 4) is 6.07 Å². The van der Waals surface area contributed by atoms with Crippen LogP contribution in [-0.2, 0) is 0 Å². The van der Waals surface area contributed by atoms with E-state index in [0.29, 0.717) is 18.3 Å². The zero-order valence-corrected chi connectivity index (χ0v) is 9.86. The minimum absolute atomic E-state index is 0.0394. The molecular formula is C11H15B2NO2. The molecule has 0 radical (unpaired) electrons. The van der Waals surface area contributed by atoms with Gasteiger partial charge in [-0.15, -0.1) is 0 Å². The van der Waals surface area contributed by atoms with Crippen molar-refractivity contribution in [3.63, 3.8) is 0 Å². The third kappa shape index (κ3) is 3.41. The summed E-state index contributed by atoms with van der Waals surface area (Å²) >= 11 is 0. The van der Waals surface area contributed by atoms with Gasteiger partial charge in [0, 0.05) is 0 Å². The van der Waals surface area contributed by atoms with Crippen molar-refractivity contribution < 1.29 is 10.0 Å². The van der Waals surface area contributed by atoms with Gasteiger partial charge in [0.15, 0.2) is 7.28 Å². The number of benzene rings is 1. The lowest BCUT2D eigenvalue weighted by Crippen LogP contribution is -2.45. The number of nitrogens with zero attached hydrogens (tertiary/aromatic N) is 1. The first kappa shape index (κ1) is 12.8. The van der Waals surface area contributed by atoms with Crippen molar-refractivity contribution in [1.29, 1.82) is 5.26 Å². The maximum atomic E-state index is 9.24. The Morgan fingerprint density at radius 1 is 1.31 bits per heavy atom. The van der Waals surface area contributed by atoms with Gasteiger partial charge in [-0.1, -0.05) is 43.7 Å². The highest BCUT2D eigenvalue weighted by molar-refractivity contribution is 6.70. The van der Waals surface area contributed by atoms with E-state index in [-0.39, 0.29) is 5.31 Å². The molecule has 0 aliphatic heterocycles. The van der Waals surface area contributed by atoms with Crippen molar-refractivity contribution in [3.05, 3.63) is 23.8 Å². The average molecular weight is 215 g/mol. The van der Waals surface area contributed by atoms with Crippen molar-refractivity contribution in [2.24, 2.45) is 0 Å². The lowest BCUT2D eigenvalue weighted by molar-refractivity contribution is 0.426. The molecule has 16 heavy (non-hydrogen) atoms. The Morgan fingerprint density at radius 2 is 1.94 bits per heavy atom. The Balaban J connectivity index is 3.17. The summed E-state index contributed by atoms with van der Waals surface area (Å²) in [5.41, 5.74) is 1.85. The van der Waals surface area contributed by atoms with E-state index in [4.69, 9.17) is 5.26 Å². The van der Waals surface area contributed by atoms with E-state index in [0.717, 1.165) is 5.46 Å². The van der Waals surface area contributed by atoms with Crippen LogP contribution in [0.5, 0.6) is 0 Å². The van der Waals surface area contributed by atoms with Crippen molar-refractivity contribution in [2.75, 3.05) is 0 Å². The molecule has 0 bridgehead atoms. The molecule has 0 saturated carbocycles. The molecule has 0 atom stereocenters. The van der Waals surface area contributed by atoms with Crippen molar-refractivity contribution in [2.45, 2.75) is 26.1 Å². The quantitative estimate of drug-likeness (QED) is 0.654. The zero-order chi connectivity index (χ0) is 12.3. The Kier molecular flexibility index (Phi) is 3.79. The molecule has 0 amide bonds. The Bertz CT molecular complexity index is 419. The van der Waals surface area contributed by atoms with Crippen LogP contribution in [0.4, 0.5) is 0 Å². The monoisotopic (exact) mass is 215 g/mol. The molecule has 1 aromatic carbocycles. The average Bonchev–Trinajstić information content (AvgIpc) is 2.14. The molecule has 0 fully saturated rings. The predicted molar refractivity (Wildman–Crippen MR) is 67.5 cm³/mol. The van der Waals surface area contributed by atoms with E-state index in [1.165, 1.54) is 0 Å². The molecule has 3 nitrogen and oxygen atoms in total. The second-order valence-corrected chi connectivity index (χ2v) is 5.14. The number of hydrogen-bond donors (Lipinski definition) is 2. The van der Waals surface area contributed by atoms with Gasteiger partial charge in [-0.3, -0.25) is 0 Å². The largest absolute Gasteiger partial charge is 0.487 e. The lowest BCUT2D eigenvalue weighted by Gasteiger charge is -2.19. The van der Waals surface area contributed by atoms with E-state index >= 15 is 0 Å². The van der Waals surface area contributed by atoms with Crippen LogP contribution in [0.25, 0.3) is 0 Å². The molecular weight excluding hydrogens is 200 g/mol. The first-order valence-electron chi connectivity index (χ1n) is 5.22. The molecule has 82 valence electrons. The van der Waals surface area contributed by atoms with Gasteiger partial charge in [0.05, 0.1) is 11.6 Å². The standard InChI is InChI=1S/C11H15B2NO2/c1-11(2,3)12-9-6-8(7-14)4-5-10(9)13(15)16/h4-6,12,15-16H,1-3H3. The fourth-order valence-corrected chi connectivity index (χ4v) is 1.65. The predicted octanol–water partition coefficient (Wildman–Crippen LogP) is -0.482. The summed E-state index contributed by atoms with van der Waals surface area (Å²) in [6.45, 7) is 6.21. The Labute approximate surface area is 97.1 Å². The summed E-state index contributed by atoms with van der Waals surface area (Å²) in [6.07, 6.45) is 0. The molecule has 1 aromatic rings. The van der Waals surface area contributed by atoms with Crippen LogP contribution >= 0.6 is 0 Å². The van der Waals surface area contributed by atoms with E-state index in [2.05, 4.69) is 26.8 Å². The maximum Gasteiger partial charge on any atom is 0.487 e. The van der Waals surface area contributed by atoms with Gasteiger partial charge in [-0.25, -0.2) is 0 Å². The first-order chi connectivity index (χ1) is 7.33. The van der Waals surface area contributed by atoms with Crippen LogP contribution in [0.1, 0.15) is 26.3 Å². The fraction of sp³-hybridized carbons (Fsp3) is 0.364. The molecule has 5 heteroatoms. The molecule has 0 unspecified atom stereocenters. The first-order valence-corrected chi connectivity index (χ1v) is 5.22. The summed E-state index contributed by atoms with van der Waals surface area (Å²) in [7, 11) is -0.778. The normalized spacial score (nSPS) is 10.8. The van der Waals surface area contributed by atoms with Gasteiger partial charge in [-0.05, 0) is 11.5 Å². The lowest BCUT2D eigenvalue weighted by atomic mass is 9.48. The van der Waals surface area contributed by atoms with Gasteiger partial charge in [-0.2, -0.15) is 5.26 Å². The maximum absolute atomic E-state index is 9.24. The van der Waals surface area contributed by atoms with Gasteiger partial charge in [0.2, 0.25) is 0 Å². The molecule has 2 N–H and O–H groups in total. The summed E-state index contributed by atoms with van der Waals surface area (Å²) in [5.74, 6) is 0. The Hall–Kier alpha value is -1.24. The highest BCUT2D eigenvalue weighted by atomic mass is 16.4. The van der Waals surface area contributed by atoms with Crippen LogP contribution in [0.15, 0.2) is 18.2 Å². The van der Waals surface area contributed by atoms with E-state index in [1.807, 2.05) is 0 Å². The van der Waals surface area contributed by atoms with E-state index in [1.54, 1.807) is 18.2 Å². The summed E-state index contributed by atoms with van der Waals surface area (Å²) < 4.78 is 0. The Morgan fingerprint density at radius 3 is 2.38 bits per heavy atom. The van der Waals surface area contributed by atoms with Crippen LogP contribution in [-0.4, -0.2) is 24.4 Å². The molecule has 0 saturated heterocycles. The minimum atomic E-state index is -1.48. The number of rotatable bonds is 2. The van der Waals surface area contributed by atoms with Crippen LogP contribution < -0.4 is 10.9 Å². The van der Waals surface area contributed by atoms with Gasteiger partial charge in [0.25, 0.3) is 0 Å². The zero-order valence-electron chi connectivity index (χ0n) is 9.86. The summed E-state index contributed by atoms with van der Waals surface area (Å²) in [6, 6.07) is 6.98. The molecule has 0 aliphatic rings. The molecule has 0 aromatic heterocycles. The SMILES string of the molecule is CC(C)(C)Bc1cc(C#N)ccc1B(O)O. The highest BCUT2D eigenvalue weighted by Crippen LogP contribution is 2.19. The second-order valence-electron chi connectivity index (χ2n) is 5.14. The number of hydrogen-bond acceptors (Lipinski definition) is 3. The fourth-order valence-electron chi connectivity index (χ4n) is 1.65. The van der Waals surface area contributed by atoms with Gasteiger partial charge < -0.3 is 10.0 Å². The smallest absolute Gasteiger partial charge is 0.423 e. The second kappa shape index (κ2) is 4.73. The van der Waals surface area contributed by atoms with Crippen molar-refractivity contribution >= 4 is 25.3 Å². The van der Waals surface area contributed by atoms with Gasteiger partial charge >= 0.3 is 7.12 Å². The van der Waals surface area contributed by atoms with Crippen LogP contribution in [0.2, 0.25) is 5.31 Å². The van der Waals surface area contributed by atoms with Crippen LogP contribution in [0.3, 0.4) is 0 Å². The van der Waals surface area contributed by atoms with E-state index in [9.17, 15) is 10.0 Å². The van der Waals surface area contributed by atoms with E-state index < -0.39 is 7.12 Å². The minimum Gasteiger partial charge on any atom is -0.423 e. The third-order valence-corrected chi connectivity index (χ3v) is 2.27. The number of nitriles is 1. The van der Waals surface area contributed by atoms with Crippen molar-refractivity contribution in [1.82, 2.24) is 0 Å². The molecule has 0 heterocycles. The summed E-state index contributed by atoms with van der Waals surface area (Å²) in [4.78, 5) is 0. The molecule has 0 aliphatic carbocycles. The van der Waals surface area contributed by atoms with Gasteiger partial charge in [0.1, 0.15) is 0 Å². The third-order valence-electron chi connectivity index (χ3n) is 2.27. The van der Waals surface area contributed by atoms with Crippen LogP contribution in [0, 0.1) is 11.3 Å². The molecule has 1 rings (SSSR count). The highest BCUT2D eigenvalue weighted by Gasteiger charge is 2.21.